The predicted octanol–water partition coefficient (Wildman–Crippen LogP) is 4.38. The van der Waals surface area contributed by atoms with Gasteiger partial charge in [0.05, 0.1) is 12.5 Å². The Kier molecular flexibility index (Phi) is 4.28. The summed E-state index contributed by atoms with van der Waals surface area (Å²) in [4.78, 5) is 12.5. The van der Waals surface area contributed by atoms with Gasteiger partial charge in [-0.3, -0.25) is 4.79 Å². The SMILES string of the molecule is CC(C)COC(=O)C1[C@H](c2ccccc2)[C@H]1c1ccccc1. The number of hydrogen-bond donors (Lipinski definition) is 0. The summed E-state index contributed by atoms with van der Waals surface area (Å²) in [6.07, 6.45) is 0. The molecule has 0 N–H and O–H groups in total. The van der Waals surface area contributed by atoms with Crippen molar-refractivity contribution >= 4 is 5.97 Å². The molecule has 0 aliphatic heterocycles. The summed E-state index contributed by atoms with van der Waals surface area (Å²) in [6, 6.07) is 20.6. The van der Waals surface area contributed by atoms with E-state index in [1.807, 2.05) is 36.4 Å². The second-order valence-electron chi connectivity index (χ2n) is 6.42. The lowest BCUT2D eigenvalue weighted by molar-refractivity contribution is -0.146. The highest BCUT2D eigenvalue weighted by Gasteiger charge is 2.56. The molecule has 1 fully saturated rings. The van der Waals surface area contributed by atoms with E-state index in [-0.39, 0.29) is 23.7 Å². The molecule has 3 rings (SSSR count). The van der Waals surface area contributed by atoms with Crippen molar-refractivity contribution in [1.82, 2.24) is 0 Å². The van der Waals surface area contributed by atoms with Crippen LogP contribution >= 0.6 is 0 Å². The standard InChI is InChI=1S/C20H22O2/c1-14(2)13-22-20(21)19-17(15-9-5-3-6-10-15)18(19)16-11-7-4-8-12-16/h3-12,14,17-19H,13H2,1-2H3/t17-,18-/m1/s1. The fourth-order valence-electron chi connectivity index (χ4n) is 3.13. The molecule has 1 aliphatic rings. The van der Waals surface area contributed by atoms with Crippen molar-refractivity contribution in [2.75, 3.05) is 6.61 Å². The number of benzene rings is 2. The van der Waals surface area contributed by atoms with Gasteiger partial charge in [0, 0.05) is 11.8 Å². The first-order valence-corrected chi connectivity index (χ1v) is 7.95. The van der Waals surface area contributed by atoms with Crippen LogP contribution in [0.4, 0.5) is 0 Å². The second kappa shape index (κ2) is 6.35. The molecular formula is C20H22O2. The van der Waals surface area contributed by atoms with E-state index in [1.54, 1.807) is 0 Å². The van der Waals surface area contributed by atoms with Gasteiger partial charge in [-0.1, -0.05) is 74.5 Å². The van der Waals surface area contributed by atoms with Crippen LogP contribution in [0.15, 0.2) is 60.7 Å². The average Bonchev–Trinajstić information content (AvgIpc) is 3.30. The fraction of sp³-hybridized carbons (Fsp3) is 0.350. The van der Waals surface area contributed by atoms with Crippen LogP contribution < -0.4 is 0 Å². The van der Waals surface area contributed by atoms with Crippen molar-refractivity contribution in [2.24, 2.45) is 11.8 Å². The van der Waals surface area contributed by atoms with Gasteiger partial charge in [-0.05, 0) is 17.0 Å². The summed E-state index contributed by atoms with van der Waals surface area (Å²) < 4.78 is 5.49. The summed E-state index contributed by atoms with van der Waals surface area (Å²) in [6.45, 7) is 4.62. The van der Waals surface area contributed by atoms with Crippen molar-refractivity contribution < 1.29 is 9.53 Å². The number of carbonyl (C=O) groups excluding carboxylic acids is 1. The first kappa shape index (κ1) is 14.8. The first-order chi connectivity index (χ1) is 10.7. The van der Waals surface area contributed by atoms with Crippen molar-refractivity contribution in [3.63, 3.8) is 0 Å². The molecule has 1 aliphatic carbocycles. The third-order valence-corrected chi connectivity index (χ3v) is 4.22. The molecule has 0 amide bonds. The Morgan fingerprint density at radius 3 is 1.77 bits per heavy atom. The number of carbonyl (C=O) groups is 1. The molecule has 114 valence electrons. The average molecular weight is 294 g/mol. The van der Waals surface area contributed by atoms with Crippen molar-refractivity contribution in [3.8, 4) is 0 Å². The number of ether oxygens (including phenoxy) is 1. The smallest absolute Gasteiger partial charge is 0.310 e. The van der Waals surface area contributed by atoms with E-state index in [4.69, 9.17) is 4.74 Å². The predicted molar refractivity (Wildman–Crippen MR) is 87.7 cm³/mol. The van der Waals surface area contributed by atoms with Gasteiger partial charge in [0.25, 0.3) is 0 Å². The van der Waals surface area contributed by atoms with Gasteiger partial charge in [0.1, 0.15) is 0 Å². The molecule has 0 bridgehead atoms. The summed E-state index contributed by atoms with van der Waals surface area (Å²) in [5.74, 6) is 0.736. The molecule has 0 unspecified atom stereocenters. The minimum Gasteiger partial charge on any atom is -0.465 e. The van der Waals surface area contributed by atoms with E-state index in [1.165, 1.54) is 11.1 Å². The molecule has 0 aromatic heterocycles. The Morgan fingerprint density at radius 1 is 0.909 bits per heavy atom. The molecule has 22 heavy (non-hydrogen) atoms. The van der Waals surface area contributed by atoms with Crippen LogP contribution in [0.1, 0.15) is 36.8 Å². The largest absolute Gasteiger partial charge is 0.465 e. The molecular weight excluding hydrogens is 272 g/mol. The minimum absolute atomic E-state index is 0.0523. The fourth-order valence-corrected chi connectivity index (χ4v) is 3.13. The highest BCUT2D eigenvalue weighted by Crippen LogP contribution is 2.60. The van der Waals surface area contributed by atoms with Gasteiger partial charge in [-0.2, -0.15) is 0 Å². The molecule has 2 atom stereocenters. The summed E-state index contributed by atoms with van der Waals surface area (Å²) in [5.41, 5.74) is 2.45. The zero-order chi connectivity index (χ0) is 15.5. The molecule has 0 spiro atoms. The second-order valence-corrected chi connectivity index (χ2v) is 6.42. The molecule has 0 saturated heterocycles. The summed E-state index contributed by atoms with van der Waals surface area (Å²) in [5, 5.41) is 0. The molecule has 1 saturated carbocycles. The van der Waals surface area contributed by atoms with Crippen LogP contribution in [-0.2, 0) is 9.53 Å². The molecule has 2 aromatic rings. The highest BCUT2D eigenvalue weighted by atomic mass is 16.5. The quantitative estimate of drug-likeness (QED) is 0.765. The lowest BCUT2D eigenvalue weighted by Crippen LogP contribution is -2.13. The van der Waals surface area contributed by atoms with Crippen LogP contribution in [0, 0.1) is 11.8 Å². The summed E-state index contributed by atoms with van der Waals surface area (Å²) in [7, 11) is 0. The van der Waals surface area contributed by atoms with Gasteiger partial charge in [0.2, 0.25) is 0 Å². The highest BCUT2D eigenvalue weighted by molar-refractivity contribution is 5.80. The van der Waals surface area contributed by atoms with Crippen molar-refractivity contribution in [2.45, 2.75) is 25.7 Å². The zero-order valence-corrected chi connectivity index (χ0v) is 13.1. The molecule has 0 radical (unpaired) electrons. The third kappa shape index (κ3) is 3.06. The topological polar surface area (TPSA) is 26.3 Å². The van der Waals surface area contributed by atoms with Gasteiger partial charge in [-0.15, -0.1) is 0 Å². The van der Waals surface area contributed by atoms with Crippen LogP contribution in [0.5, 0.6) is 0 Å². The maximum Gasteiger partial charge on any atom is 0.310 e. The van der Waals surface area contributed by atoms with Crippen LogP contribution in [0.2, 0.25) is 0 Å². The van der Waals surface area contributed by atoms with Crippen LogP contribution in [0.25, 0.3) is 0 Å². The zero-order valence-electron chi connectivity index (χ0n) is 13.1. The maximum atomic E-state index is 12.5. The molecule has 2 heteroatoms. The Hall–Kier alpha value is -2.09. The Balaban J connectivity index is 1.81. The molecule has 2 aromatic carbocycles. The Morgan fingerprint density at radius 2 is 1.36 bits per heavy atom. The lowest BCUT2D eigenvalue weighted by atomic mass is 10.0. The number of esters is 1. The Bertz CT molecular complexity index is 573. The maximum absolute atomic E-state index is 12.5. The number of rotatable bonds is 5. The molecule has 2 nitrogen and oxygen atoms in total. The van der Waals surface area contributed by atoms with Gasteiger partial charge in [0.15, 0.2) is 0 Å². The van der Waals surface area contributed by atoms with E-state index >= 15 is 0 Å². The van der Waals surface area contributed by atoms with E-state index in [2.05, 4.69) is 38.1 Å². The summed E-state index contributed by atoms with van der Waals surface area (Å²) >= 11 is 0. The van der Waals surface area contributed by atoms with E-state index < -0.39 is 0 Å². The van der Waals surface area contributed by atoms with Gasteiger partial charge >= 0.3 is 5.97 Å². The Labute approximate surface area is 132 Å². The van der Waals surface area contributed by atoms with E-state index in [9.17, 15) is 4.79 Å². The minimum atomic E-state index is -0.0589. The van der Waals surface area contributed by atoms with E-state index in [0.29, 0.717) is 12.5 Å². The van der Waals surface area contributed by atoms with E-state index in [0.717, 1.165) is 0 Å². The van der Waals surface area contributed by atoms with Crippen LogP contribution in [0.3, 0.4) is 0 Å². The third-order valence-electron chi connectivity index (χ3n) is 4.22. The lowest BCUT2D eigenvalue weighted by Gasteiger charge is -2.07. The van der Waals surface area contributed by atoms with Gasteiger partial charge in [-0.25, -0.2) is 0 Å². The number of hydrogen-bond acceptors (Lipinski definition) is 2. The van der Waals surface area contributed by atoms with Crippen LogP contribution in [-0.4, -0.2) is 12.6 Å². The molecule has 0 heterocycles. The van der Waals surface area contributed by atoms with Crippen molar-refractivity contribution in [3.05, 3.63) is 71.8 Å². The van der Waals surface area contributed by atoms with Crippen molar-refractivity contribution in [1.29, 1.82) is 0 Å². The normalized spacial score (nSPS) is 23.3. The first-order valence-electron chi connectivity index (χ1n) is 7.95. The monoisotopic (exact) mass is 294 g/mol. The van der Waals surface area contributed by atoms with Gasteiger partial charge < -0.3 is 4.74 Å².